The highest BCUT2D eigenvalue weighted by atomic mass is 35.5. The fourth-order valence-corrected chi connectivity index (χ4v) is 6.62. The van der Waals surface area contributed by atoms with Crippen LogP contribution in [0.4, 0.5) is 22.7 Å². The molecule has 7 nitrogen and oxygen atoms in total. The summed E-state index contributed by atoms with van der Waals surface area (Å²) in [5.74, 6) is 0.868. The van der Waals surface area contributed by atoms with Crippen molar-refractivity contribution >= 4 is 44.4 Å². The van der Waals surface area contributed by atoms with Crippen LogP contribution >= 0.6 is 11.6 Å². The van der Waals surface area contributed by atoms with E-state index in [-0.39, 0.29) is 17.6 Å². The van der Waals surface area contributed by atoms with Crippen molar-refractivity contribution in [3.8, 4) is 11.5 Å². The number of sulfonamides is 1. The zero-order valence-corrected chi connectivity index (χ0v) is 28.6. The van der Waals surface area contributed by atoms with E-state index in [0.29, 0.717) is 40.8 Å². The van der Waals surface area contributed by atoms with Crippen LogP contribution in [0.5, 0.6) is 11.5 Å². The largest absolute Gasteiger partial charge is 0.506 e. The maximum atomic E-state index is 12.3. The van der Waals surface area contributed by atoms with Gasteiger partial charge in [-0.25, -0.2) is 8.42 Å². The van der Waals surface area contributed by atoms with E-state index in [9.17, 15) is 13.5 Å². The van der Waals surface area contributed by atoms with Gasteiger partial charge in [0.05, 0.1) is 28.7 Å². The fourth-order valence-electron chi connectivity index (χ4n) is 5.12. The van der Waals surface area contributed by atoms with Crippen molar-refractivity contribution in [1.82, 2.24) is 0 Å². The Morgan fingerprint density at radius 2 is 1.38 bits per heavy atom. The molecule has 3 aromatic carbocycles. The summed E-state index contributed by atoms with van der Waals surface area (Å²) in [6.45, 7) is 4.71. The molecule has 248 valence electrons. The quantitative estimate of drug-likeness (QED) is 0.0598. The smallest absolute Gasteiger partial charge is 0.232 e. The molecule has 3 rings (SSSR count). The molecule has 4 N–H and O–H groups in total. The average molecular weight is 658 g/mol. The van der Waals surface area contributed by atoms with Crippen LogP contribution in [0, 0.1) is 0 Å². The van der Waals surface area contributed by atoms with Crippen LogP contribution in [0.15, 0.2) is 66.7 Å². The maximum absolute atomic E-state index is 12.3. The van der Waals surface area contributed by atoms with Gasteiger partial charge in [0.2, 0.25) is 10.0 Å². The van der Waals surface area contributed by atoms with Crippen molar-refractivity contribution in [2.45, 2.75) is 103 Å². The summed E-state index contributed by atoms with van der Waals surface area (Å²) >= 11 is 6.62. The van der Waals surface area contributed by atoms with Gasteiger partial charge in [-0.1, -0.05) is 108 Å². The van der Waals surface area contributed by atoms with Gasteiger partial charge in [0.1, 0.15) is 17.6 Å². The molecule has 0 radical (unpaired) electrons. The topological polar surface area (TPSA) is 99.7 Å². The average Bonchev–Trinajstić information content (AvgIpc) is 3.03. The number of anilines is 4. The normalized spacial score (nSPS) is 12.1. The molecule has 0 amide bonds. The highest BCUT2D eigenvalue weighted by Gasteiger charge is 2.15. The second-order valence-electron chi connectivity index (χ2n) is 11.7. The number of ether oxygens (including phenoxy) is 1. The van der Waals surface area contributed by atoms with Crippen molar-refractivity contribution in [2.75, 3.05) is 27.7 Å². The molecule has 0 aliphatic heterocycles. The molecule has 3 aromatic rings. The predicted molar refractivity (Wildman–Crippen MR) is 191 cm³/mol. The zero-order chi connectivity index (χ0) is 32.3. The molecule has 45 heavy (non-hydrogen) atoms. The van der Waals surface area contributed by atoms with Crippen LogP contribution in [0.1, 0.15) is 97.3 Å². The fraction of sp³-hybridized carbons (Fsp3) is 0.500. The third-order valence-electron chi connectivity index (χ3n) is 7.74. The Bertz CT molecular complexity index is 1350. The molecule has 1 atom stereocenters. The van der Waals surface area contributed by atoms with Crippen molar-refractivity contribution in [3.05, 3.63) is 71.8 Å². The van der Waals surface area contributed by atoms with Crippen LogP contribution in [0.25, 0.3) is 0 Å². The van der Waals surface area contributed by atoms with Crippen LogP contribution in [-0.2, 0) is 10.0 Å². The van der Waals surface area contributed by atoms with E-state index in [1.54, 1.807) is 36.4 Å². The number of nitrogens with one attached hydrogen (secondary N) is 3. The molecule has 0 aromatic heterocycles. The Morgan fingerprint density at radius 3 is 2.02 bits per heavy atom. The van der Waals surface area contributed by atoms with Crippen LogP contribution in [0.2, 0.25) is 5.02 Å². The molecule has 0 aliphatic carbocycles. The van der Waals surface area contributed by atoms with Gasteiger partial charge in [0, 0.05) is 17.4 Å². The Hall–Kier alpha value is -3.10. The lowest BCUT2D eigenvalue weighted by Gasteiger charge is -2.22. The number of unbranched alkanes of at least 4 members (excludes halogenated alkanes) is 10. The standard InChI is InChI=1S/C36H52ClN3O4S/c1-3-5-7-8-9-10-11-12-13-17-20-32(44-31-23-21-30(22-24-31)40-45(42,43)25-6-4-2)28-38-34-27-36(41)35(26-33(34)37)39-29-18-15-14-16-19-29/h14-16,18-19,21-24,26-27,32,38-41H,3-13,17,20,25,28H2,1-2H3. The number of para-hydroxylation sites is 1. The lowest BCUT2D eigenvalue weighted by atomic mass is 10.0. The zero-order valence-electron chi connectivity index (χ0n) is 27.0. The number of hydrogen-bond donors (Lipinski definition) is 4. The highest BCUT2D eigenvalue weighted by molar-refractivity contribution is 7.92. The molecule has 0 heterocycles. The SMILES string of the molecule is CCCCCCCCCCCCC(CNc1cc(O)c(Nc2ccccc2)cc1Cl)Oc1ccc(NS(=O)(=O)CCCC)cc1. The molecule has 0 saturated heterocycles. The van der Waals surface area contributed by atoms with Gasteiger partial charge in [-0.2, -0.15) is 0 Å². The van der Waals surface area contributed by atoms with E-state index in [4.69, 9.17) is 16.3 Å². The molecule has 0 aliphatic rings. The first-order valence-corrected chi connectivity index (χ1v) is 18.7. The van der Waals surface area contributed by atoms with Gasteiger partial charge in [-0.15, -0.1) is 0 Å². The van der Waals surface area contributed by atoms with E-state index < -0.39 is 10.0 Å². The van der Waals surface area contributed by atoms with Gasteiger partial charge in [0.15, 0.2) is 0 Å². The Morgan fingerprint density at radius 1 is 0.756 bits per heavy atom. The summed E-state index contributed by atoms with van der Waals surface area (Å²) in [7, 11) is -3.37. The van der Waals surface area contributed by atoms with Gasteiger partial charge >= 0.3 is 0 Å². The van der Waals surface area contributed by atoms with E-state index in [1.807, 2.05) is 37.3 Å². The first-order chi connectivity index (χ1) is 21.8. The molecular weight excluding hydrogens is 606 g/mol. The molecule has 0 saturated carbocycles. The van der Waals surface area contributed by atoms with Crippen molar-refractivity contribution in [3.63, 3.8) is 0 Å². The summed E-state index contributed by atoms with van der Waals surface area (Å²) in [5.41, 5.74) is 2.53. The van der Waals surface area contributed by atoms with Crippen molar-refractivity contribution in [2.24, 2.45) is 0 Å². The number of halogens is 1. The lowest BCUT2D eigenvalue weighted by molar-refractivity contribution is 0.199. The van der Waals surface area contributed by atoms with E-state index in [2.05, 4.69) is 22.3 Å². The maximum Gasteiger partial charge on any atom is 0.232 e. The number of rotatable bonds is 23. The van der Waals surface area contributed by atoms with Gasteiger partial charge in [-0.3, -0.25) is 4.72 Å². The first kappa shape index (κ1) is 36.4. The molecule has 0 bridgehead atoms. The first-order valence-electron chi connectivity index (χ1n) is 16.6. The van der Waals surface area contributed by atoms with Crippen molar-refractivity contribution < 1.29 is 18.3 Å². The van der Waals surface area contributed by atoms with Crippen LogP contribution in [-0.4, -0.2) is 31.9 Å². The predicted octanol–water partition coefficient (Wildman–Crippen LogP) is 10.5. The Kier molecular flexibility index (Phi) is 16.3. The van der Waals surface area contributed by atoms with E-state index >= 15 is 0 Å². The number of phenolic OH excluding ortho intramolecular Hbond substituents is 1. The number of hydrogen-bond acceptors (Lipinski definition) is 6. The lowest BCUT2D eigenvalue weighted by Crippen LogP contribution is -2.26. The van der Waals surface area contributed by atoms with Gasteiger partial charge < -0.3 is 20.5 Å². The molecule has 1 unspecified atom stereocenters. The number of aromatic hydroxyl groups is 1. The minimum Gasteiger partial charge on any atom is -0.506 e. The summed E-state index contributed by atoms with van der Waals surface area (Å²) in [5, 5.41) is 17.8. The molecule has 0 spiro atoms. The number of benzene rings is 3. The summed E-state index contributed by atoms with van der Waals surface area (Å²) in [6.07, 6.45) is 14.8. The summed E-state index contributed by atoms with van der Waals surface area (Å²) < 4.78 is 33.6. The van der Waals surface area contributed by atoms with E-state index in [1.165, 1.54) is 51.4 Å². The third kappa shape index (κ3) is 14.3. The highest BCUT2D eigenvalue weighted by Crippen LogP contribution is 2.35. The molecule has 9 heteroatoms. The van der Waals surface area contributed by atoms with Crippen molar-refractivity contribution in [1.29, 1.82) is 0 Å². The Balaban J connectivity index is 1.58. The monoisotopic (exact) mass is 657 g/mol. The Labute approximate surface area is 276 Å². The minimum atomic E-state index is -3.37. The number of phenols is 1. The second-order valence-corrected chi connectivity index (χ2v) is 14.0. The van der Waals surface area contributed by atoms with E-state index in [0.717, 1.165) is 31.4 Å². The minimum absolute atomic E-state index is 0.0925. The van der Waals surface area contributed by atoms with Crippen LogP contribution in [0.3, 0.4) is 0 Å². The second kappa shape index (κ2) is 20.1. The summed E-state index contributed by atoms with van der Waals surface area (Å²) in [4.78, 5) is 0. The van der Waals surface area contributed by atoms with Crippen LogP contribution < -0.4 is 20.1 Å². The van der Waals surface area contributed by atoms with Gasteiger partial charge in [-0.05, 0) is 61.7 Å². The third-order valence-corrected chi connectivity index (χ3v) is 9.42. The van der Waals surface area contributed by atoms with Gasteiger partial charge in [0.25, 0.3) is 0 Å². The summed E-state index contributed by atoms with van der Waals surface area (Å²) in [6, 6.07) is 20.0. The molecular formula is C36H52ClN3O4S. The molecule has 0 fully saturated rings.